The van der Waals surface area contributed by atoms with Crippen LogP contribution in [0.2, 0.25) is 0 Å². The van der Waals surface area contributed by atoms with Crippen LogP contribution in [0.15, 0.2) is 11.6 Å². The van der Waals surface area contributed by atoms with Crippen molar-refractivity contribution in [3.8, 4) is 0 Å². The molecule has 0 aromatic heterocycles. The molecule has 4 saturated carbocycles. The number of carboxylic acids is 1. The number of rotatable bonds is 6. The first-order chi connectivity index (χ1) is 24.7. The van der Waals surface area contributed by atoms with Crippen LogP contribution in [0, 0.1) is 50.2 Å². The Morgan fingerprint density at radius 2 is 1.53 bits per heavy atom. The molecule has 302 valence electrons. The smallest absolute Gasteiger partial charge is 0.310 e. The Bertz CT molecular complexity index is 1440. The summed E-state index contributed by atoms with van der Waals surface area (Å²) in [6.45, 7) is 15.1. The molecule has 12 heteroatoms. The summed E-state index contributed by atoms with van der Waals surface area (Å²) in [4.78, 5) is 13.0. The van der Waals surface area contributed by atoms with Crippen molar-refractivity contribution in [3.05, 3.63) is 11.6 Å². The third-order valence-electron chi connectivity index (χ3n) is 17.0. The van der Waals surface area contributed by atoms with Crippen LogP contribution in [0.5, 0.6) is 0 Å². The van der Waals surface area contributed by atoms with E-state index in [1.165, 1.54) is 12.5 Å². The Morgan fingerprint density at radius 3 is 2.21 bits per heavy atom. The van der Waals surface area contributed by atoms with E-state index in [1.807, 2.05) is 0 Å². The monoisotopic (exact) mass is 750 g/mol. The maximum absolute atomic E-state index is 13.0. The summed E-state index contributed by atoms with van der Waals surface area (Å²) >= 11 is 0. The topological polar surface area (TPSA) is 196 Å². The van der Waals surface area contributed by atoms with Crippen LogP contribution in [0.4, 0.5) is 0 Å². The maximum atomic E-state index is 13.0. The number of hydrogen-bond acceptors (Lipinski definition) is 11. The third-order valence-corrected chi connectivity index (χ3v) is 17.0. The van der Waals surface area contributed by atoms with Crippen LogP contribution >= 0.6 is 0 Å². The van der Waals surface area contributed by atoms with Gasteiger partial charge in [-0.15, -0.1) is 0 Å². The van der Waals surface area contributed by atoms with Crippen molar-refractivity contribution < 1.29 is 59.5 Å². The summed E-state index contributed by atoms with van der Waals surface area (Å²) in [7, 11) is 0. The number of aliphatic carboxylic acids is 1. The fourth-order valence-electron chi connectivity index (χ4n) is 13.3. The summed E-state index contributed by atoms with van der Waals surface area (Å²) in [6, 6.07) is 0. The first kappa shape index (κ1) is 40.0. The molecule has 53 heavy (non-hydrogen) atoms. The van der Waals surface area contributed by atoms with Gasteiger partial charge in [0.05, 0.1) is 30.8 Å². The lowest BCUT2D eigenvalue weighted by molar-refractivity contribution is -0.365. The lowest BCUT2D eigenvalue weighted by Gasteiger charge is -2.71. The van der Waals surface area contributed by atoms with E-state index in [0.717, 1.165) is 51.4 Å². The molecule has 0 bridgehead atoms. The van der Waals surface area contributed by atoms with Crippen molar-refractivity contribution in [3.63, 3.8) is 0 Å². The number of aliphatic hydroxyl groups is 6. The van der Waals surface area contributed by atoms with E-state index in [0.29, 0.717) is 18.8 Å². The number of carbonyl (C=O) groups is 1. The largest absolute Gasteiger partial charge is 0.481 e. The molecule has 2 heterocycles. The van der Waals surface area contributed by atoms with Crippen LogP contribution in [0.25, 0.3) is 0 Å². The van der Waals surface area contributed by atoms with Gasteiger partial charge in [0, 0.05) is 5.41 Å². The van der Waals surface area contributed by atoms with Gasteiger partial charge in [-0.25, -0.2) is 0 Å². The number of carboxylic acid groups (broad SMARTS) is 1. The second-order valence-corrected chi connectivity index (χ2v) is 20.0. The van der Waals surface area contributed by atoms with Gasteiger partial charge >= 0.3 is 5.97 Å². The predicted octanol–water partition coefficient (Wildman–Crippen LogP) is 3.52. The van der Waals surface area contributed by atoms with E-state index < -0.39 is 78.2 Å². The zero-order chi connectivity index (χ0) is 38.7. The molecule has 0 amide bonds. The van der Waals surface area contributed by atoms with Crippen molar-refractivity contribution in [1.29, 1.82) is 0 Å². The maximum Gasteiger partial charge on any atom is 0.310 e. The molecular formula is C41H66O12. The minimum atomic E-state index is -1.62. The number of aliphatic hydroxyl groups excluding tert-OH is 6. The molecule has 7 N–H and O–H groups in total. The molecule has 6 fully saturated rings. The fraction of sp³-hybridized carbons (Fsp3) is 0.927. The van der Waals surface area contributed by atoms with Crippen LogP contribution in [0.3, 0.4) is 0 Å². The average molecular weight is 751 g/mol. The minimum Gasteiger partial charge on any atom is -0.481 e. The molecule has 7 rings (SSSR count). The summed E-state index contributed by atoms with van der Waals surface area (Å²) < 4.78 is 24.3. The lowest BCUT2D eigenvalue weighted by atomic mass is 9.33. The van der Waals surface area contributed by atoms with Crippen molar-refractivity contribution in [2.45, 2.75) is 174 Å². The molecule has 0 aromatic rings. The number of allylic oxidation sites excluding steroid dienone is 2. The highest BCUT2D eigenvalue weighted by molar-refractivity contribution is 5.76. The van der Waals surface area contributed by atoms with Crippen molar-refractivity contribution in [2.75, 3.05) is 13.2 Å². The van der Waals surface area contributed by atoms with Crippen molar-refractivity contribution >= 4 is 5.97 Å². The number of fused-ring (bicyclic) bond motifs is 7. The van der Waals surface area contributed by atoms with Gasteiger partial charge in [0.2, 0.25) is 0 Å². The Balaban J connectivity index is 1.15. The second kappa shape index (κ2) is 13.5. The van der Waals surface area contributed by atoms with Gasteiger partial charge in [0.25, 0.3) is 0 Å². The normalized spacial score (nSPS) is 55.1. The van der Waals surface area contributed by atoms with Crippen LogP contribution in [-0.4, -0.2) is 116 Å². The Kier molecular flexibility index (Phi) is 10.2. The van der Waals surface area contributed by atoms with E-state index in [-0.39, 0.29) is 46.7 Å². The van der Waals surface area contributed by atoms with Gasteiger partial charge in [-0.1, -0.05) is 53.2 Å². The van der Waals surface area contributed by atoms with Gasteiger partial charge in [-0.2, -0.15) is 0 Å². The van der Waals surface area contributed by atoms with Crippen LogP contribution in [0.1, 0.15) is 113 Å². The first-order valence-electron chi connectivity index (χ1n) is 20.2. The summed E-state index contributed by atoms with van der Waals surface area (Å²) in [5.74, 6) is -0.194. The molecule has 0 spiro atoms. The molecule has 0 unspecified atom stereocenters. The van der Waals surface area contributed by atoms with E-state index >= 15 is 0 Å². The van der Waals surface area contributed by atoms with E-state index in [1.54, 1.807) is 0 Å². The van der Waals surface area contributed by atoms with Gasteiger partial charge in [-0.3, -0.25) is 4.79 Å². The number of ether oxygens (including phenoxy) is 4. The fourth-order valence-corrected chi connectivity index (χ4v) is 13.3. The van der Waals surface area contributed by atoms with Crippen molar-refractivity contribution in [1.82, 2.24) is 0 Å². The summed E-state index contributed by atoms with van der Waals surface area (Å²) in [6.07, 6.45) is -1.79. The van der Waals surface area contributed by atoms with Gasteiger partial charge in [-0.05, 0) is 111 Å². The summed E-state index contributed by atoms with van der Waals surface area (Å²) in [5, 5.41) is 74.9. The average Bonchev–Trinajstić information content (AvgIpc) is 3.10. The van der Waals surface area contributed by atoms with Gasteiger partial charge < -0.3 is 54.7 Å². The predicted molar refractivity (Wildman–Crippen MR) is 192 cm³/mol. The standard InChI is InChI=1S/C41H66O12/c1-21-28(44)30(46)31(47)33(51-21)53-32-29(45)24(43)19-50-34(32)52-27-11-12-37(4)25(38(27,5)20-42)10-13-40(7)26(37)9-8-22-23-18-36(2,3)14-16-41(23,35(48)49)17-15-39(22,40)6/h8,21,23-34,42-47H,9-20H2,1-7H3,(H,48,49)/t21-,23-,24-,25+,26+,27-,28-,29-,30+,31+,32+,33-,34+,37-,38-,39+,40+,41-/m0/s1. The first-order valence-corrected chi connectivity index (χ1v) is 20.2. The van der Waals surface area contributed by atoms with E-state index in [4.69, 9.17) is 18.9 Å². The molecule has 7 aliphatic rings. The zero-order valence-electron chi connectivity index (χ0n) is 32.7. The molecular weight excluding hydrogens is 684 g/mol. The molecule has 12 nitrogen and oxygen atoms in total. The summed E-state index contributed by atoms with van der Waals surface area (Å²) in [5.41, 5.74) is -0.239. The van der Waals surface area contributed by atoms with Crippen molar-refractivity contribution in [2.24, 2.45) is 50.2 Å². The van der Waals surface area contributed by atoms with Crippen LogP contribution in [-0.2, 0) is 23.7 Å². The lowest BCUT2D eigenvalue weighted by Crippen LogP contribution is -2.67. The van der Waals surface area contributed by atoms with E-state index in [9.17, 15) is 40.5 Å². The SMILES string of the molecule is C[C@@H]1O[C@@H](O[C@H]2[C@@H](O[C@H]3CC[C@@]4(C)[C@@H](CC[C@]5(C)[C@@H]4CC=C4[C@@H]6CC(C)(C)CC[C@]6(C(=O)O)CC[C@]45C)[C@]3(C)CO)OC[C@H](O)[C@@H]2O)[C@H](O)[C@H](O)[C@H]1O. The highest BCUT2D eigenvalue weighted by Gasteiger charge is 2.70. The van der Waals surface area contributed by atoms with E-state index in [2.05, 4.69) is 47.6 Å². The second-order valence-electron chi connectivity index (χ2n) is 20.0. The minimum absolute atomic E-state index is 0.0360. The Morgan fingerprint density at radius 1 is 0.830 bits per heavy atom. The Labute approximate surface area is 314 Å². The number of hydrogen-bond donors (Lipinski definition) is 7. The highest BCUT2D eigenvalue weighted by Crippen LogP contribution is 2.76. The van der Waals surface area contributed by atoms with Gasteiger partial charge in [0.1, 0.15) is 36.6 Å². The molecule has 0 aromatic carbocycles. The molecule has 18 atom stereocenters. The highest BCUT2D eigenvalue weighted by atomic mass is 16.8. The molecule has 5 aliphatic carbocycles. The molecule has 2 aliphatic heterocycles. The zero-order valence-corrected chi connectivity index (χ0v) is 32.7. The Hall–Kier alpha value is -1.19. The quantitative estimate of drug-likeness (QED) is 0.155. The van der Waals surface area contributed by atoms with Crippen LogP contribution < -0.4 is 0 Å². The molecule has 0 radical (unpaired) electrons. The molecule has 2 saturated heterocycles. The van der Waals surface area contributed by atoms with Gasteiger partial charge in [0.15, 0.2) is 12.6 Å². The third kappa shape index (κ3) is 5.85.